The van der Waals surface area contributed by atoms with E-state index in [4.69, 9.17) is 10.5 Å². The molecule has 0 amide bonds. The fourth-order valence-electron chi connectivity index (χ4n) is 2.03. The van der Waals surface area contributed by atoms with E-state index in [1.807, 2.05) is 0 Å². The van der Waals surface area contributed by atoms with E-state index in [-0.39, 0.29) is 6.04 Å². The summed E-state index contributed by atoms with van der Waals surface area (Å²) in [7, 11) is 1.80. The Hall–Kier alpha value is -0.120. The third kappa shape index (κ3) is 3.25. The lowest BCUT2D eigenvalue weighted by atomic mass is 10.0. The smallest absolute Gasteiger partial charge is 0.0598 e. The van der Waals surface area contributed by atoms with Crippen molar-refractivity contribution in [3.05, 3.63) is 0 Å². The van der Waals surface area contributed by atoms with Gasteiger partial charge in [0.2, 0.25) is 0 Å². The predicted molar refractivity (Wildman–Crippen MR) is 54.7 cm³/mol. The van der Waals surface area contributed by atoms with E-state index in [2.05, 4.69) is 18.7 Å². The van der Waals surface area contributed by atoms with Crippen LogP contribution >= 0.6 is 0 Å². The molecular weight excluding hydrogens is 164 g/mol. The topological polar surface area (TPSA) is 38.5 Å². The zero-order valence-electron chi connectivity index (χ0n) is 8.99. The third-order valence-electron chi connectivity index (χ3n) is 2.82. The number of methoxy groups -OCH3 is 1. The molecule has 13 heavy (non-hydrogen) atoms. The van der Waals surface area contributed by atoms with Crippen molar-refractivity contribution in [2.75, 3.05) is 20.2 Å². The molecule has 1 fully saturated rings. The van der Waals surface area contributed by atoms with Crippen molar-refractivity contribution >= 4 is 0 Å². The van der Waals surface area contributed by atoms with Crippen molar-refractivity contribution in [3.63, 3.8) is 0 Å². The lowest BCUT2D eigenvalue weighted by molar-refractivity contribution is 0.0146. The molecule has 1 aliphatic heterocycles. The predicted octanol–water partition coefficient (Wildman–Crippen LogP) is 0.833. The number of nitrogens with two attached hydrogens (primary N) is 1. The number of nitrogens with zero attached hydrogens (tertiary/aromatic N) is 1. The van der Waals surface area contributed by atoms with Gasteiger partial charge in [-0.2, -0.15) is 0 Å². The molecule has 0 aliphatic carbocycles. The Morgan fingerprint density at radius 1 is 1.62 bits per heavy atom. The molecule has 3 nitrogen and oxygen atoms in total. The van der Waals surface area contributed by atoms with Crippen LogP contribution in [0.5, 0.6) is 0 Å². The Labute approximate surface area is 81.2 Å². The summed E-state index contributed by atoms with van der Waals surface area (Å²) in [6.45, 7) is 6.46. The van der Waals surface area contributed by atoms with Crippen molar-refractivity contribution in [2.24, 2.45) is 5.73 Å². The van der Waals surface area contributed by atoms with Gasteiger partial charge >= 0.3 is 0 Å². The molecule has 1 saturated heterocycles. The molecule has 0 aromatic rings. The lowest BCUT2D eigenvalue weighted by Gasteiger charge is -2.37. The monoisotopic (exact) mass is 186 g/mol. The van der Waals surface area contributed by atoms with Gasteiger partial charge in [-0.05, 0) is 26.7 Å². The van der Waals surface area contributed by atoms with Gasteiger partial charge in [0.05, 0.1) is 6.10 Å². The summed E-state index contributed by atoms with van der Waals surface area (Å²) in [4.78, 5) is 2.46. The highest BCUT2D eigenvalue weighted by Crippen LogP contribution is 2.18. The molecule has 3 heteroatoms. The van der Waals surface area contributed by atoms with E-state index in [0.717, 1.165) is 25.9 Å². The van der Waals surface area contributed by atoms with Crippen molar-refractivity contribution in [3.8, 4) is 0 Å². The van der Waals surface area contributed by atoms with Crippen LogP contribution in [0, 0.1) is 0 Å². The molecule has 0 aromatic heterocycles. The van der Waals surface area contributed by atoms with Gasteiger partial charge in [0.1, 0.15) is 0 Å². The number of ether oxygens (including phenoxy) is 1. The molecule has 0 aromatic carbocycles. The van der Waals surface area contributed by atoms with Crippen molar-refractivity contribution in [2.45, 2.75) is 44.9 Å². The van der Waals surface area contributed by atoms with Gasteiger partial charge in [0, 0.05) is 32.3 Å². The van der Waals surface area contributed by atoms with Crippen LogP contribution in [0.25, 0.3) is 0 Å². The average molecular weight is 186 g/mol. The standard InChI is InChI=1S/C10H22N2O/c1-8(11)7-12-5-4-10(13-3)6-9(12)2/h8-10H,4-7,11H2,1-3H3/t8-,9?,10?/m0/s1. The Morgan fingerprint density at radius 2 is 2.31 bits per heavy atom. The van der Waals surface area contributed by atoms with Crippen LogP contribution < -0.4 is 5.73 Å². The van der Waals surface area contributed by atoms with Gasteiger partial charge in [0.15, 0.2) is 0 Å². The number of piperidine rings is 1. The van der Waals surface area contributed by atoms with Crippen LogP contribution in [-0.4, -0.2) is 43.3 Å². The molecule has 78 valence electrons. The van der Waals surface area contributed by atoms with Gasteiger partial charge in [-0.3, -0.25) is 4.90 Å². The highest BCUT2D eigenvalue weighted by molar-refractivity contribution is 4.80. The van der Waals surface area contributed by atoms with Crippen molar-refractivity contribution in [1.29, 1.82) is 0 Å². The zero-order valence-corrected chi connectivity index (χ0v) is 8.99. The summed E-state index contributed by atoms with van der Waals surface area (Å²) in [5.41, 5.74) is 5.78. The quantitative estimate of drug-likeness (QED) is 0.709. The number of hydrogen-bond donors (Lipinski definition) is 1. The molecule has 0 bridgehead atoms. The average Bonchev–Trinajstić information content (AvgIpc) is 2.08. The zero-order chi connectivity index (χ0) is 9.84. The molecule has 2 N–H and O–H groups in total. The van der Waals surface area contributed by atoms with Crippen LogP contribution in [-0.2, 0) is 4.74 Å². The molecule has 0 radical (unpaired) electrons. The van der Waals surface area contributed by atoms with Crippen LogP contribution in [0.3, 0.4) is 0 Å². The van der Waals surface area contributed by atoms with Gasteiger partial charge in [-0.25, -0.2) is 0 Å². The summed E-state index contributed by atoms with van der Waals surface area (Å²) in [6.07, 6.45) is 2.75. The molecule has 1 heterocycles. The van der Waals surface area contributed by atoms with Crippen LogP contribution in [0.1, 0.15) is 26.7 Å². The highest BCUT2D eigenvalue weighted by Gasteiger charge is 2.25. The Bertz CT molecular complexity index is 150. The summed E-state index contributed by atoms with van der Waals surface area (Å²) in [5.74, 6) is 0. The number of rotatable bonds is 3. The van der Waals surface area contributed by atoms with Crippen LogP contribution in [0.2, 0.25) is 0 Å². The largest absolute Gasteiger partial charge is 0.381 e. The molecule has 2 unspecified atom stereocenters. The Morgan fingerprint density at radius 3 is 2.77 bits per heavy atom. The van der Waals surface area contributed by atoms with E-state index in [0.29, 0.717) is 12.1 Å². The van der Waals surface area contributed by atoms with Crippen molar-refractivity contribution in [1.82, 2.24) is 4.90 Å². The number of likely N-dealkylation sites (tertiary alicyclic amines) is 1. The number of hydrogen-bond acceptors (Lipinski definition) is 3. The fraction of sp³-hybridized carbons (Fsp3) is 1.00. The second-order valence-electron chi connectivity index (χ2n) is 4.20. The van der Waals surface area contributed by atoms with E-state index < -0.39 is 0 Å². The van der Waals surface area contributed by atoms with E-state index >= 15 is 0 Å². The minimum absolute atomic E-state index is 0.279. The SMILES string of the molecule is COC1CCN(C[C@H](C)N)C(C)C1. The highest BCUT2D eigenvalue weighted by atomic mass is 16.5. The van der Waals surface area contributed by atoms with Gasteiger partial charge in [0.25, 0.3) is 0 Å². The third-order valence-corrected chi connectivity index (χ3v) is 2.82. The summed E-state index contributed by atoms with van der Waals surface area (Å²) >= 11 is 0. The maximum absolute atomic E-state index is 5.78. The maximum Gasteiger partial charge on any atom is 0.0598 e. The minimum atomic E-state index is 0.279. The molecule has 1 rings (SSSR count). The summed E-state index contributed by atoms with van der Waals surface area (Å²) in [6, 6.07) is 0.895. The maximum atomic E-state index is 5.78. The molecule has 0 saturated carbocycles. The summed E-state index contributed by atoms with van der Waals surface area (Å²) in [5, 5.41) is 0. The Kier molecular flexibility index (Phi) is 4.16. The normalized spacial score (nSPS) is 33.2. The van der Waals surface area contributed by atoms with Crippen molar-refractivity contribution < 1.29 is 4.74 Å². The molecule has 0 spiro atoms. The summed E-state index contributed by atoms with van der Waals surface area (Å²) < 4.78 is 5.36. The second-order valence-corrected chi connectivity index (χ2v) is 4.20. The lowest BCUT2D eigenvalue weighted by Crippen LogP contribution is -2.47. The molecule has 3 atom stereocenters. The van der Waals surface area contributed by atoms with E-state index in [1.54, 1.807) is 7.11 Å². The van der Waals surface area contributed by atoms with E-state index in [1.165, 1.54) is 0 Å². The first-order valence-corrected chi connectivity index (χ1v) is 5.16. The first-order valence-electron chi connectivity index (χ1n) is 5.16. The van der Waals surface area contributed by atoms with Gasteiger partial charge < -0.3 is 10.5 Å². The van der Waals surface area contributed by atoms with Gasteiger partial charge in [-0.15, -0.1) is 0 Å². The molecule has 1 aliphatic rings. The first-order chi connectivity index (χ1) is 6.13. The van der Waals surface area contributed by atoms with E-state index in [9.17, 15) is 0 Å². The molecular formula is C10H22N2O. The minimum Gasteiger partial charge on any atom is -0.381 e. The fourth-order valence-corrected chi connectivity index (χ4v) is 2.03. The van der Waals surface area contributed by atoms with Crippen LogP contribution in [0.4, 0.5) is 0 Å². The van der Waals surface area contributed by atoms with Crippen LogP contribution in [0.15, 0.2) is 0 Å². The Balaban J connectivity index is 2.35. The first kappa shape index (κ1) is 11.0. The second kappa shape index (κ2) is 4.94. The van der Waals surface area contributed by atoms with Gasteiger partial charge in [-0.1, -0.05) is 0 Å².